The summed E-state index contributed by atoms with van der Waals surface area (Å²) >= 11 is 0. The monoisotopic (exact) mass is 89.1 g/mol. The van der Waals surface area contributed by atoms with Crippen molar-refractivity contribution in [2.75, 3.05) is 13.1 Å². The molecule has 0 bridgehead atoms. The van der Waals surface area contributed by atoms with E-state index >= 15 is 0 Å². The number of hydrogen-bond acceptors (Lipinski definition) is 0. The molecule has 0 unspecified atom stereocenters. The minimum absolute atomic E-state index is 0. The summed E-state index contributed by atoms with van der Waals surface area (Å²) in [5, 5.41) is 4.09. The predicted octanol–water partition coefficient (Wildman–Crippen LogP) is -1.68. The van der Waals surface area contributed by atoms with Crippen LogP contribution in [-0.4, -0.2) is 13.1 Å². The Balaban J connectivity index is 0.000000360. The van der Waals surface area contributed by atoms with Crippen molar-refractivity contribution in [1.82, 2.24) is 0 Å². The first kappa shape index (κ1) is 7.30. The van der Waals surface area contributed by atoms with E-state index in [1.165, 1.54) is 0 Å². The normalized spacial score (nSPS) is 18.3. The average Bonchev–Trinajstić information content (AvgIpc) is 1.72. The van der Waals surface area contributed by atoms with Crippen molar-refractivity contribution in [2.24, 2.45) is 0 Å². The van der Waals surface area contributed by atoms with Crippen molar-refractivity contribution in [3.63, 3.8) is 0 Å². The molecule has 1 aliphatic heterocycles. The Bertz CT molecular complexity index is 53.1. The first-order valence-electron chi connectivity index (χ1n) is 2.28. The molecule has 0 aromatic rings. The van der Waals surface area contributed by atoms with Crippen molar-refractivity contribution >= 4 is 0 Å². The van der Waals surface area contributed by atoms with Gasteiger partial charge in [0.1, 0.15) is 0 Å². The van der Waals surface area contributed by atoms with Crippen LogP contribution in [0.15, 0.2) is 12.2 Å². The second kappa shape index (κ2) is 4.46. The van der Waals surface area contributed by atoms with Gasteiger partial charge in [0, 0.05) is 0 Å². The number of nitrogens with zero attached hydrogens (tertiary/aromatic N) is 1. The van der Waals surface area contributed by atoms with Crippen LogP contribution >= 0.6 is 0 Å². The van der Waals surface area contributed by atoms with Crippen LogP contribution in [0.2, 0.25) is 0 Å². The van der Waals surface area contributed by atoms with Crippen molar-refractivity contribution in [3.05, 3.63) is 17.5 Å². The largest absolute Gasteiger partial charge is 1.00 e. The van der Waals surface area contributed by atoms with Gasteiger partial charge in [0.25, 0.3) is 0 Å². The summed E-state index contributed by atoms with van der Waals surface area (Å²) in [5.74, 6) is 0. The Kier molecular flexibility index (Phi) is 4.65. The molecular formula is C5H8LiN. The molecular weight excluding hydrogens is 81.0 g/mol. The van der Waals surface area contributed by atoms with Crippen LogP contribution < -0.4 is 18.9 Å². The van der Waals surface area contributed by atoms with Crippen LogP contribution in [0.25, 0.3) is 5.32 Å². The van der Waals surface area contributed by atoms with Crippen molar-refractivity contribution in [3.8, 4) is 0 Å². The molecule has 2 heteroatoms. The zero-order valence-electron chi connectivity index (χ0n) is 4.72. The van der Waals surface area contributed by atoms with Gasteiger partial charge in [-0.3, -0.25) is 0 Å². The molecule has 7 heavy (non-hydrogen) atoms. The van der Waals surface area contributed by atoms with Crippen molar-refractivity contribution in [1.29, 1.82) is 0 Å². The Morgan fingerprint density at radius 2 is 2.14 bits per heavy atom. The quantitative estimate of drug-likeness (QED) is 0.249. The summed E-state index contributed by atoms with van der Waals surface area (Å²) in [5.41, 5.74) is 0. The van der Waals surface area contributed by atoms with Crippen molar-refractivity contribution in [2.45, 2.75) is 6.42 Å². The topological polar surface area (TPSA) is 14.1 Å². The minimum Gasteiger partial charge on any atom is -0.659 e. The van der Waals surface area contributed by atoms with Gasteiger partial charge in [-0.05, 0) is 0 Å². The molecule has 1 heterocycles. The maximum Gasteiger partial charge on any atom is 1.00 e. The Morgan fingerprint density at radius 1 is 1.29 bits per heavy atom. The van der Waals surface area contributed by atoms with Gasteiger partial charge >= 0.3 is 18.9 Å². The molecule has 1 rings (SSSR count). The third-order valence-electron chi connectivity index (χ3n) is 0.855. The Morgan fingerprint density at radius 3 is 2.29 bits per heavy atom. The molecule has 1 aliphatic rings. The molecule has 0 saturated heterocycles. The predicted molar refractivity (Wildman–Crippen MR) is 26.8 cm³/mol. The van der Waals surface area contributed by atoms with Gasteiger partial charge in [0.05, 0.1) is 0 Å². The van der Waals surface area contributed by atoms with Gasteiger partial charge in [0.2, 0.25) is 0 Å². The molecule has 1 nitrogen and oxygen atoms in total. The molecule has 0 radical (unpaired) electrons. The van der Waals surface area contributed by atoms with E-state index in [1.54, 1.807) is 0 Å². The summed E-state index contributed by atoms with van der Waals surface area (Å²) in [7, 11) is 0. The minimum atomic E-state index is 0. The van der Waals surface area contributed by atoms with E-state index in [1.807, 2.05) is 0 Å². The van der Waals surface area contributed by atoms with Gasteiger partial charge in [-0.2, -0.15) is 0 Å². The zero-order valence-corrected chi connectivity index (χ0v) is 4.72. The fraction of sp³-hybridized carbons (Fsp3) is 0.600. The maximum absolute atomic E-state index is 4.09. The molecule has 0 atom stereocenters. The summed E-state index contributed by atoms with van der Waals surface area (Å²) in [6, 6.07) is 0. The summed E-state index contributed by atoms with van der Waals surface area (Å²) < 4.78 is 0. The number of hydrogen-bond donors (Lipinski definition) is 0. The van der Waals surface area contributed by atoms with Crippen LogP contribution in [0.4, 0.5) is 0 Å². The molecule has 0 saturated carbocycles. The summed E-state index contributed by atoms with van der Waals surface area (Å²) in [4.78, 5) is 0. The SMILES string of the molecule is C1=CC[N-]CC1.[Li+]. The first-order valence-corrected chi connectivity index (χ1v) is 2.28. The average molecular weight is 89.1 g/mol. The molecule has 0 fully saturated rings. The standard InChI is InChI=1S/C5H8N.Li/c1-2-4-6-5-3-1;/h1-2H,3-5H2;/q-1;+1. The molecule has 0 amide bonds. The van der Waals surface area contributed by atoms with E-state index in [0.717, 1.165) is 19.5 Å². The van der Waals surface area contributed by atoms with E-state index in [4.69, 9.17) is 0 Å². The fourth-order valence-electron chi connectivity index (χ4n) is 0.524. The van der Waals surface area contributed by atoms with E-state index in [0.29, 0.717) is 0 Å². The fourth-order valence-corrected chi connectivity index (χ4v) is 0.524. The first-order chi connectivity index (χ1) is 3.00. The maximum atomic E-state index is 4.09. The third-order valence-corrected chi connectivity index (χ3v) is 0.855. The van der Waals surface area contributed by atoms with Crippen LogP contribution in [0, 0.1) is 0 Å². The van der Waals surface area contributed by atoms with E-state index in [-0.39, 0.29) is 18.9 Å². The van der Waals surface area contributed by atoms with Crippen LogP contribution in [0.3, 0.4) is 0 Å². The molecule has 0 N–H and O–H groups in total. The van der Waals surface area contributed by atoms with E-state index in [9.17, 15) is 0 Å². The van der Waals surface area contributed by atoms with Crippen LogP contribution in [0.5, 0.6) is 0 Å². The second-order valence-electron chi connectivity index (χ2n) is 1.39. The molecule has 34 valence electrons. The van der Waals surface area contributed by atoms with Crippen LogP contribution in [0.1, 0.15) is 6.42 Å². The molecule has 0 aliphatic carbocycles. The third kappa shape index (κ3) is 2.93. The Labute approximate surface area is 56.4 Å². The zero-order chi connectivity index (χ0) is 4.24. The Hall–Kier alpha value is 0.297. The van der Waals surface area contributed by atoms with Gasteiger partial charge in [0.15, 0.2) is 0 Å². The van der Waals surface area contributed by atoms with E-state index in [2.05, 4.69) is 17.5 Å². The van der Waals surface area contributed by atoms with Gasteiger partial charge in [-0.1, -0.05) is 12.5 Å². The molecule has 0 aromatic heterocycles. The van der Waals surface area contributed by atoms with Gasteiger partial charge in [-0.25, -0.2) is 0 Å². The van der Waals surface area contributed by atoms with Gasteiger partial charge in [-0.15, -0.1) is 19.2 Å². The van der Waals surface area contributed by atoms with Crippen LogP contribution in [-0.2, 0) is 0 Å². The van der Waals surface area contributed by atoms with Crippen molar-refractivity contribution < 1.29 is 18.9 Å². The summed E-state index contributed by atoms with van der Waals surface area (Å²) in [6.07, 6.45) is 5.43. The second-order valence-corrected chi connectivity index (χ2v) is 1.39. The molecule has 0 spiro atoms. The van der Waals surface area contributed by atoms with Gasteiger partial charge < -0.3 is 5.32 Å². The smallest absolute Gasteiger partial charge is 0.659 e. The van der Waals surface area contributed by atoms with E-state index < -0.39 is 0 Å². The number of rotatable bonds is 0. The summed E-state index contributed by atoms with van der Waals surface area (Å²) in [6.45, 7) is 1.98. The molecule has 0 aromatic carbocycles.